The number of hydrogen-bond acceptors (Lipinski definition) is 6. The SMILES string of the molecule is CC(=O)c1nn(CC(=O)N2CCC[C@H]2C(=O)Nc2cccc(C)n2)c2ccc(-c3cnc4n3CCCC4)cc12. The molecule has 3 aromatic heterocycles. The van der Waals surface area contributed by atoms with Gasteiger partial charge in [-0.05, 0) is 56.9 Å². The normalized spacial score (nSPS) is 16.9. The maximum absolute atomic E-state index is 13.4. The van der Waals surface area contributed by atoms with Crippen LogP contribution in [0.25, 0.3) is 22.2 Å². The van der Waals surface area contributed by atoms with Crippen LogP contribution in [0.15, 0.2) is 42.6 Å². The number of fused-ring (bicyclic) bond motifs is 2. The second kappa shape index (κ2) is 10.1. The molecule has 10 nitrogen and oxygen atoms in total. The second-order valence-electron chi connectivity index (χ2n) is 10.4. The molecule has 200 valence electrons. The lowest BCUT2D eigenvalue weighted by Gasteiger charge is -2.24. The highest BCUT2D eigenvalue weighted by atomic mass is 16.2. The van der Waals surface area contributed by atoms with Crippen molar-refractivity contribution in [2.45, 2.75) is 65.1 Å². The Kier molecular flexibility index (Phi) is 6.46. The Morgan fingerprint density at radius 1 is 1.08 bits per heavy atom. The first kappa shape index (κ1) is 25.0. The van der Waals surface area contributed by atoms with E-state index in [0.717, 1.165) is 55.0 Å². The maximum atomic E-state index is 13.4. The summed E-state index contributed by atoms with van der Waals surface area (Å²) in [5.41, 5.74) is 3.84. The van der Waals surface area contributed by atoms with Gasteiger partial charge in [-0.15, -0.1) is 0 Å². The Hall–Kier alpha value is -4.34. The number of rotatable bonds is 6. The third-order valence-electron chi connectivity index (χ3n) is 7.65. The number of aromatic nitrogens is 5. The van der Waals surface area contributed by atoms with E-state index < -0.39 is 6.04 Å². The van der Waals surface area contributed by atoms with Crippen LogP contribution in [-0.4, -0.2) is 59.4 Å². The Balaban J connectivity index is 1.26. The largest absolute Gasteiger partial charge is 0.329 e. The van der Waals surface area contributed by atoms with Crippen LogP contribution in [0.5, 0.6) is 0 Å². The summed E-state index contributed by atoms with van der Waals surface area (Å²) in [5.74, 6) is 0.939. The van der Waals surface area contributed by atoms with Crippen molar-refractivity contribution in [1.29, 1.82) is 0 Å². The van der Waals surface area contributed by atoms with Crippen LogP contribution in [-0.2, 0) is 29.1 Å². The summed E-state index contributed by atoms with van der Waals surface area (Å²) < 4.78 is 3.83. The third kappa shape index (κ3) is 4.71. The summed E-state index contributed by atoms with van der Waals surface area (Å²) in [6, 6.07) is 10.7. The molecule has 0 spiro atoms. The molecule has 0 aliphatic carbocycles. The molecule has 6 rings (SSSR count). The number of imidazole rings is 1. The van der Waals surface area contributed by atoms with Gasteiger partial charge >= 0.3 is 0 Å². The average Bonchev–Trinajstić information content (AvgIpc) is 3.66. The zero-order valence-corrected chi connectivity index (χ0v) is 22.2. The molecular weight excluding hydrogens is 494 g/mol. The number of Topliss-reactive ketones (excluding diaryl/α,β-unsaturated/α-hetero) is 1. The zero-order chi connectivity index (χ0) is 27.1. The van der Waals surface area contributed by atoms with Gasteiger partial charge in [-0.25, -0.2) is 9.97 Å². The topological polar surface area (TPSA) is 115 Å². The molecule has 0 unspecified atom stereocenters. The van der Waals surface area contributed by atoms with Crippen LogP contribution in [0.1, 0.15) is 54.6 Å². The molecule has 39 heavy (non-hydrogen) atoms. The van der Waals surface area contributed by atoms with E-state index in [2.05, 4.69) is 25.0 Å². The first-order valence-corrected chi connectivity index (χ1v) is 13.5. The summed E-state index contributed by atoms with van der Waals surface area (Å²) in [4.78, 5) is 49.6. The highest BCUT2D eigenvalue weighted by Gasteiger charge is 2.34. The quantitative estimate of drug-likeness (QED) is 0.383. The fourth-order valence-corrected chi connectivity index (χ4v) is 5.74. The van der Waals surface area contributed by atoms with Crippen molar-refractivity contribution in [2.24, 2.45) is 0 Å². The maximum Gasteiger partial charge on any atom is 0.248 e. The minimum atomic E-state index is -0.575. The Morgan fingerprint density at radius 3 is 2.77 bits per heavy atom. The number of nitrogens with zero attached hydrogens (tertiary/aromatic N) is 6. The molecule has 1 aromatic carbocycles. The smallest absolute Gasteiger partial charge is 0.248 e. The van der Waals surface area contributed by atoms with E-state index in [1.54, 1.807) is 15.6 Å². The fourth-order valence-electron chi connectivity index (χ4n) is 5.74. The van der Waals surface area contributed by atoms with E-state index in [0.29, 0.717) is 35.4 Å². The number of nitrogens with one attached hydrogen (secondary N) is 1. The average molecular weight is 526 g/mol. The molecule has 0 bridgehead atoms. The predicted octanol–water partition coefficient (Wildman–Crippen LogP) is 3.77. The van der Waals surface area contributed by atoms with E-state index in [4.69, 9.17) is 0 Å². The van der Waals surface area contributed by atoms with E-state index in [1.807, 2.05) is 43.5 Å². The molecule has 0 saturated carbocycles. The van der Waals surface area contributed by atoms with Crippen LogP contribution in [0.3, 0.4) is 0 Å². The summed E-state index contributed by atoms with van der Waals surface area (Å²) in [6.45, 7) is 4.71. The minimum absolute atomic E-state index is 0.0579. The van der Waals surface area contributed by atoms with Gasteiger partial charge in [-0.2, -0.15) is 5.10 Å². The number of anilines is 1. The molecule has 4 aromatic rings. The first-order valence-electron chi connectivity index (χ1n) is 13.5. The Morgan fingerprint density at radius 2 is 1.95 bits per heavy atom. The van der Waals surface area contributed by atoms with Crippen molar-refractivity contribution >= 4 is 34.3 Å². The third-order valence-corrected chi connectivity index (χ3v) is 7.65. The van der Waals surface area contributed by atoms with E-state index in [1.165, 1.54) is 6.92 Å². The molecule has 1 saturated heterocycles. The Bertz CT molecular complexity index is 1600. The van der Waals surface area contributed by atoms with Crippen molar-refractivity contribution in [2.75, 3.05) is 11.9 Å². The number of likely N-dealkylation sites (tertiary alicyclic amines) is 1. The monoisotopic (exact) mass is 525 g/mol. The van der Waals surface area contributed by atoms with E-state index in [9.17, 15) is 14.4 Å². The summed E-state index contributed by atoms with van der Waals surface area (Å²) in [6.07, 6.45) is 6.46. The van der Waals surface area contributed by atoms with Gasteiger partial charge in [0.1, 0.15) is 29.9 Å². The predicted molar refractivity (Wildman–Crippen MR) is 146 cm³/mol. The lowest BCUT2D eigenvalue weighted by Crippen LogP contribution is -2.44. The molecule has 5 heterocycles. The summed E-state index contributed by atoms with van der Waals surface area (Å²) in [7, 11) is 0. The minimum Gasteiger partial charge on any atom is -0.329 e. The number of aryl methyl sites for hydroxylation is 2. The molecule has 0 radical (unpaired) electrons. The van der Waals surface area contributed by atoms with Gasteiger partial charge in [0.05, 0.1) is 17.4 Å². The van der Waals surface area contributed by atoms with E-state index >= 15 is 0 Å². The number of pyridine rings is 1. The van der Waals surface area contributed by atoms with Gasteiger partial charge in [0.25, 0.3) is 0 Å². The Labute approximate surface area is 226 Å². The lowest BCUT2D eigenvalue weighted by molar-refractivity contribution is -0.137. The first-order chi connectivity index (χ1) is 18.9. The van der Waals surface area contributed by atoms with Gasteiger partial charge in [0, 0.05) is 43.1 Å². The van der Waals surface area contributed by atoms with E-state index in [-0.39, 0.29) is 24.1 Å². The van der Waals surface area contributed by atoms with Gasteiger partial charge in [0.15, 0.2) is 5.78 Å². The highest BCUT2D eigenvalue weighted by molar-refractivity contribution is 6.06. The van der Waals surface area contributed by atoms with Crippen LogP contribution < -0.4 is 5.32 Å². The number of ketones is 1. The van der Waals surface area contributed by atoms with Crippen LogP contribution in [0.2, 0.25) is 0 Å². The van der Waals surface area contributed by atoms with Crippen molar-refractivity contribution < 1.29 is 14.4 Å². The van der Waals surface area contributed by atoms with Crippen molar-refractivity contribution in [3.05, 3.63) is 59.8 Å². The highest BCUT2D eigenvalue weighted by Crippen LogP contribution is 2.30. The summed E-state index contributed by atoms with van der Waals surface area (Å²) >= 11 is 0. The number of hydrogen-bond donors (Lipinski definition) is 1. The van der Waals surface area contributed by atoms with Crippen molar-refractivity contribution in [3.63, 3.8) is 0 Å². The lowest BCUT2D eigenvalue weighted by atomic mass is 10.1. The van der Waals surface area contributed by atoms with Gasteiger partial charge < -0.3 is 14.8 Å². The standard InChI is InChI=1S/C29H31N7O3/c1-18-7-5-9-25(31-18)32-29(39)23-8-6-14-35(23)27(38)17-36-22-12-11-20(15-21(22)28(33-36)19(2)37)24-16-30-26-10-3-4-13-34(24)26/h5,7,9,11-12,15-16,23H,3-4,6,8,10,13-14,17H2,1-2H3,(H,31,32,39)/t23-/m0/s1. The van der Waals surface area contributed by atoms with Gasteiger partial charge in [-0.3, -0.25) is 19.1 Å². The fraction of sp³-hybridized carbons (Fsp3) is 0.379. The van der Waals surface area contributed by atoms with Gasteiger partial charge in [0.2, 0.25) is 11.8 Å². The molecule has 2 amide bonds. The van der Waals surface area contributed by atoms with Crippen LogP contribution in [0, 0.1) is 6.92 Å². The van der Waals surface area contributed by atoms with Crippen molar-refractivity contribution in [3.8, 4) is 11.3 Å². The number of carbonyl (C=O) groups excluding carboxylic acids is 3. The van der Waals surface area contributed by atoms with Crippen LogP contribution in [0.4, 0.5) is 5.82 Å². The molecule has 2 aliphatic heterocycles. The molecule has 1 fully saturated rings. The van der Waals surface area contributed by atoms with Gasteiger partial charge in [-0.1, -0.05) is 12.1 Å². The van der Waals surface area contributed by atoms with Crippen LogP contribution >= 0.6 is 0 Å². The number of carbonyl (C=O) groups is 3. The molecule has 10 heteroatoms. The summed E-state index contributed by atoms with van der Waals surface area (Å²) in [5, 5.41) is 8.10. The molecule has 1 N–H and O–H groups in total. The molecule has 1 atom stereocenters. The number of benzene rings is 1. The zero-order valence-electron chi connectivity index (χ0n) is 22.2. The second-order valence-corrected chi connectivity index (χ2v) is 10.4. The van der Waals surface area contributed by atoms with Crippen molar-refractivity contribution in [1.82, 2.24) is 29.2 Å². The molecular formula is C29H31N7O3. The number of amides is 2. The molecule has 2 aliphatic rings.